The first-order chi connectivity index (χ1) is 19.2. The maximum Gasteiger partial charge on any atom is 0.416 e. The maximum atomic E-state index is 13.5. The number of hydrogen-bond donors (Lipinski definition) is 0. The minimum Gasteiger partial charge on any atom is -0.493 e. The van der Waals surface area contributed by atoms with Gasteiger partial charge in [-0.3, -0.25) is 9.80 Å². The average Bonchev–Trinajstić information content (AvgIpc) is 2.89. The third-order valence-corrected chi connectivity index (χ3v) is 6.50. The summed E-state index contributed by atoms with van der Waals surface area (Å²) in [5.74, 6) is 0.459. The molecule has 0 aromatic heterocycles. The molecule has 226 valence electrons. The summed E-state index contributed by atoms with van der Waals surface area (Å²) in [4.78, 5) is 28.5. The minimum absolute atomic E-state index is 0.0184. The average molecular weight is 593 g/mol. The molecule has 41 heavy (non-hydrogen) atoms. The van der Waals surface area contributed by atoms with Gasteiger partial charge in [-0.1, -0.05) is 0 Å². The molecule has 0 saturated heterocycles. The van der Waals surface area contributed by atoms with E-state index in [1.54, 1.807) is 13.8 Å². The van der Waals surface area contributed by atoms with Gasteiger partial charge in [0, 0.05) is 24.2 Å². The van der Waals surface area contributed by atoms with Crippen LogP contribution in [0.3, 0.4) is 0 Å². The van der Waals surface area contributed by atoms with Crippen molar-refractivity contribution >= 4 is 17.9 Å². The highest BCUT2D eigenvalue weighted by molar-refractivity contribution is 5.91. The predicted octanol–water partition coefficient (Wildman–Crippen LogP) is 7.20. The Hall–Kier alpha value is -3.84. The maximum absolute atomic E-state index is 13.5. The van der Waals surface area contributed by atoms with Crippen LogP contribution in [0.15, 0.2) is 30.3 Å². The topological polar surface area (TPSA) is 77.5 Å². The molecule has 1 aliphatic heterocycles. The van der Waals surface area contributed by atoms with Gasteiger partial charge in [0.2, 0.25) is 0 Å². The van der Waals surface area contributed by atoms with Gasteiger partial charge < -0.3 is 18.9 Å². The standard InChI is InChI=1S/C27H30F6N2O6/c1-6-40-24(36)34(14-16-9-17(26(28,29)30)11-18(10-16)27(31,32)33)20-8-15(3)35(25(37)41-7-2)21-13-23(39-5)22(38-4)12-19(20)21/h9-13,15,20H,6-8,14H2,1-5H3. The van der Waals surface area contributed by atoms with Gasteiger partial charge in [-0.25, -0.2) is 9.59 Å². The van der Waals surface area contributed by atoms with Crippen LogP contribution in [-0.4, -0.2) is 50.6 Å². The van der Waals surface area contributed by atoms with E-state index in [1.165, 1.54) is 38.2 Å². The Morgan fingerprint density at radius 1 is 0.878 bits per heavy atom. The lowest BCUT2D eigenvalue weighted by Crippen LogP contribution is -2.47. The van der Waals surface area contributed by atoms with Crippen molar-refractivity contribution in [3.05, 3.63) is 52.6 Å². The van der Waals surface area contributed by atoms with Crippen molar-refractivity contribution < 1.29 is 54.9 Å². The lowest BCUT2D eigenvalue weighted by molar-refractivity contribution is -0.143. The highest BCUT2D eigenvalue weighted by Gasteiger charge is 2.42. The number of nitrogens with zero attached hydrogens (tertiary/aromatic N) is 2. The Morgan fingerprint density at radius 2 is 1.41 bits per heavy atom. The second kappa shape index (κ2) is 12.4. The van der Waals surface area contributed by atoms with Gasteiger partial charge in [0.05, 0.1) is 50.3 Å². The van der Waals surface area contributed by atoms with Crippen LogP contribution < -0.4 is 14.4 Å². The molecule has 0 bridgehead atoms. The quantitative estimate of drug-likeness (QED) is 0.317. The Balaban J connectivity index is 2.22. The van der Waals surface area contributed by atoms with Crippen LogP contribution in [0.4, 0.5) is 41.6 Å². The number of alkyl halides is 6. The SMILES string of the molecule is CCOC(=O)N(Cc1cc(C(F)(F)F)cc(C(F)(F)F)c1)C1CC(C)N(C(=O)OCC)c2cc(OC)c(OC)cc21. The monoisotopic (exact) mass is 592 g/mol. The summed E-state index contributed by atoms with van der Waals surface area (Å²) < 4.78 is 102. The molecule has 2 aromatic rings. The van der Waals surface area contributed by atoms with Crippen LogP contribution in [-0.2, 0) is 28.4 Å². The summed E-state index contributed by atoms with van der Waals surface area (Å²) in [6.45, 7) is 4.10. The van der Waals surface area contributed by atoms with Gasteiger partial charge in [0.1, 0.15) is 0 Å². The number of benzene rings is 2. The first-order valence-electron chi connectivity index (χ1n) is 12.6. The van der Waals surface area contributed by atoms with E-state index in [-0.39, 0.29) is 42.9 Å². The predicted molar refractivity (Wildman–Crippen MR) is 135 cm³/mol. The molecule has 2 aromatic carbocycles. The molecule has 0 spiro atoms. The van der Waals surface area contributed by atoms with E-state index in [9.17, 15) is 35.9 Å². The molecule has 14 heteroatoms. The summed E-state index contributed by atoms with van der Waals surface area (Å²) in [5.41, 5.74) is -2.85. The molecular formula is C27H30F6N2O6. The van der Waals surface area contributed by atoms with Crippen molar-refractivity contribution in [2.45, 2.75) is 58.2 Å². The number of methoxy groups -OCH3 is 2. The van der Waals surface area contributed by atoms with Crippen molar-refractivity contribution in [2.75, 3.05) is 32.3 Å². The molecule has 2 atom stereocenters. The Bertz CT molecular complexity index is 1230. The largest absolute Gasteiger partial charge is 0.493 e. The van der Waals surface area contributed by atoms with Crippen LogP contribution in [0.2, 0.25) is 0 Å². The van der Waals surface area contributed by atoms with Gasteiger partial charge in [-0.05, 0) is 57.0 Å². The molecule has 0 saturated carbocycles. The number of ether oxygens (including phenoxy) is 4. The molecule has 1 heterocycles. The molecular weight excluding hydrogens is 562 g/mol. The van der Waals surface area contributed by atoms with E-state index in [2.05, 4.69) is 0 Å². The molecule has 8 nitrogen and oxygen atoms in total. The van der Waals surface area contributed by atoms with Gasteiger partial charge in [0.15, 0.2) is 11.5 Å². The number of carbonyl (C=O) groups excluding carboxylic acids is 2. The molecule has 1 aliphatic rings. The Kier molecular flexibility index (Phi) is 9.54. The van der Waals surface area contributed by atoms with E-state index >= 15 is 0 Å². The first-order valence-corrected chi connectivity index (χ1v) is 12.6. The molecule has 0 radical (unpaired) electrons. The molecule has 3 rings (SSSR count). The third-order valence-electron chi connectivity index (χ3n) is 6.50. The zero-order valence-electron chi connectivity index (χ0n) is 23.0. The van der Waals surface area contributed by atoms with Gasteiger partial charge in [0.25, 0.3) is 0 Å². The zero-order valence-corrected chi connectivity index (χ0v) is 23.0. The van der Waals surface area contributed by atoms with Crippen LogP contribution in [0.25, 0.3) is 0 Å². The number of amides is 2. The number of rotatable bonds is 7. The highest BCUT2D eigenvalue weighted by atomic mass is 19.4. The van der Waals surface area contributed by atoms with Gasteiger partial charge in [-0.15, -0.1) is 0 Å². The van der Waals surface area contributed by atoms with Crippen molar-refractivity contribution in [1.82, 2.24) is 4.90 Å². The number of fused-ring (bicyclic) bond motifs is 1. The Morgan fingerprint density at radius 3 is 1.90 bits per heavy atom. The first kappa shape index (κ1) is 31.7. The summed E-state index contributed by atoms with van der Waals surface area (Å²) in [6, 6.07) is 2.56. The van der Waals surface area contributed by atoms with E-state index < -0.39 is 59.9 Å². The number of anilines is 1. The molecule has 0 fully saturated rings. The van der Waals surface area contributed by atoms with Crippen LogP contribution in [0.5, 0.6) is 11.5 Å². The molecule has 2 amide bonds. The summed E-state index contributed by atoms with van der Waals surface area (Å²) in [7, 11) is 2.73. The fourth-order valence-electron chi connectivity index (χ4n) is 4.73. The third kappa shape index (κ3) is 6.91. The summed E-state index contributed by atoms with van der Waals surface area (Å²) in [6.07, 6.45) is -11.8. The van der Waals surface area contributed by atoms with Gasteiger partial charge >= 0.3 is 24.5 Å². The fourth-order valence-corrected chi connectivity index (χ4v) is 4.73. The highest BCUT2D eigenvalue weighted by Crippen LogP contribution is 2.47. The van der Waals surface area contributed by atoms with Crippen molar-refractivity contribution in [1.29, 1.82) is 0 Å². The summed E-state index contributed by atoms with van der Waals surface area (Å²) in [5, 5.41) is 0. The number of halogens is 6. The van der Waals surface area contributed by atoms with Gasteiger partial charge in [-0.2, -0.15) is 26.3 Å². The van der Waals surface area contributed by atoms with E-state index in [1.807, 2.05) is 0 Å². The normalized spacial score (nSPS) is 17.0. The van der Waals surface area contributed by atoms with Crippen LogP contribution >= 0.6 is 0 Å². The molecule has 0 N–H and O–H groups in total. The van der Waals surface area contributed by atoms with Crippen LogP contribution in [0.1, 0.15) is 55.5 Å². The van der Waals surface area contributed by atoms with E-state index in [0.717, 1.165) is 4.90 Å². The number of hydrogen-bond acceptors (Lipinski definition) is 6. The van der Waals surface area contributed by atoms with Crippen molar-refractivity contribution in [2.24, 2.45) is 0 Å². The van der Waals surface area contributed by atoms with E-state index in [4.69, 9.17) is 18.9 Å². The minimum atomic E-state index is -5.07. The zero-order chi connectivity index (χ0) is 30.7. The van der Waals surface area contributed by atoms with Crippen molar-refractivity contribution in [3.63, 3.8) is 0 Å². The number of carbonyl (C=O) groups is 2. The second-order valence-corrected chi connectivity index (χ2v) is 9.18. The lowest BCUT2D eigenvalue weighted by Gasteiger charge is -2.42. The smallest absolute Gasteiger partial charge is 0.416 e. The molecule has 2 unspecified atom stereocenters. The fraction of sp³-hybridized carbons (Fsp3) is 0.481. The van der Waals surface area contributed by atoms with Crippen molar-refractivity contribution in [3.8, 4) is 11.5 Å². The second-order valence-electron chi connectivity index (χ2n) is 9.18. The van der Waals surface area contributed by atoms with Crippen LogP contribution in [0, 0.1) is 0 Å². The lowest BCUT2D eigenvalue weighted by atomic mass is 9.90. The summed E-state index contributed by atoms with van der Waals surface area (Å²) >= 11 is 0. The van der Waals surface area contributed by atoms with E-state index in [0.29, 0.717) is 17.7 Å². The molecule has 0 aliphatic carbocycles. The Labute approximate surface area is 232 Å².